The number of hydrogen-bond donors (Lipinski definition) is 0. The molecule has 5 heteroatoms. The predicted molar refractivity (Wildman–Crippen MR) is 67.8 cm³/mol. The molecule has 0 fully saturated rings. The van der Waals surface area contributed by atoms with Gasteiger partial charge >= 0.3 is 5.97 Å². The maximum Gasteiger partial charge on any atom is 0.360 e. The minimum atomic E-state index is -0.423. The molecule has 2 rings (SSSR count). The Bertz CT molecular complexity index is 587. The van der Waals surface area contributed by atoms with E-state index in [2.05, 4.69) is 23.8 Å². The molecule has 2 heterocycles. The van der Waals surface area contributed by atoms with E-state index in [1.807, 2.05) is 13.0 Å². The summed E-state index contributed by atoms with van der Waals surface area (Å²) in [6.07, 6.45) is 1.61. The molecular formula is C13H17N3O2. The summed E-state index contributed by atoms with van der Waals surface area (Å²) in [6, 6.07) is 2.01. The Labute approximate surface area is 106 Å². The third kappa shape index (κ3) is 2.08. The zero-order chi connectivity index (χ0) is 13.3. The number of ether oxygens (including phenoxy) is 1. The molecule has 0 radical (unpaired) electrons. The van der Waals surface area contributed by atoms with Gasteiger partial charge in [0.2, 0.25) is 0 Å². The summed E-state index contributed by atoms with van der Waals surface area (Å²) >= 11 is 0. The lowest BCUT2D eigenvalue weighted by molar-refractivity contribution is 0.0522. The van der Waals surface area contributed by atoms with E-state index in [4.69, 9.17) is 4.74 Å². The van der Waals surface area contributed by atoms with Crippen molar-refractivity contribution < 1.29 is 9.53 Å². The van der Waals surface area contributed by atoms with Gasteiger partial charge in [-0.25, -0.2) is 14.8 Å². The van der Waals surface area contributed by atoms with Gasteiger partial charge in [-0.3, -0.25) is 4.40 Å². The quantitative estimate of drug-likeness (QED) is 0.781. The van der Waals surface area contributed by atoms with E-state index in [1.54, 1.807) is 17.7 Å². The fraction of sp³-hybridized carbons (Fsp3) is 0.462. The molecule has 0 bridgehead atoms. The first-order chi connectivity index (χ1) is 8.54. The van der Waals surface area contributed by atoms with Gasteiger partial charge in [-0.15, -0.1) is 0 Å². The standard InChI is InChI=1S/C13H17N3O2/c1-5-18-13(17)11-12-15-10(8(2)3)6-9(4)16(12)7-14-11/h6-8H,5H2,1-4H3. The van der Waals surface area contributed by atoms with Crippen LogP contribution in [0.4, 0.5) is 0 Å². The van der Waals surface area contributed by atoms with Gasteiger partial charge < -0.3 is 4.74 Å². The van der Waals surface area contributed by atoms with Crippen molar-refractivity contribution in [3.05, 3.63) is 29.5 Å². The lowest BCUT2D eigenvalue weighted by Gasteiger charge is -2.08. The van der Waals surface area contributed by atoms with Crippen molar-refractivity contribution in [1.29, 1.82) is 0 Å². The number of rotatable bonds is 3. The predicted octanol–water partition coefficient (Wildman–Crippen LogP) is 2.34. The molecule has 5 nitrogen and oxygen atoms in total. The van der Waals surface area contributed by atoms with Crippen molar-refractivity contribution in [3.8, 4) is 0 Å². The fourth-order valence-electron chi connectivity index (χ4n) is 1.78. The normalized spacial score (nSPS) is 11.2. The highest BCUT2D eigenvalue weighted by Gasteiger charge is 2.17. The second-order valence-corrected chi connectivity index (χ2v) is 4.48. The van der Waals surface area contributed by atoms with Crippen molar-refractivity contribution in [2.24, 2.45) is 0 Å². The van der Waals surface area contributed by atoms with Gasteiger partial charge in [-0.2, -0.15) is 0 Å². The molecule has 0 aliphatic rings. The lowest BCUT2D eigenvalue weighted by Crippen LogP contribution is -2.08. The fourth-order valence-corrected chi connectivity index (χ4v) is 1.78. The molecule has 0 aliphatic heterocycles. The molecule has 0 aromatic carbocycles. The molecule has 0 amide bonds. The Morgan fingerprint density at radius 3 is 2.83 bits per heavy atom. The van der Waals surface area contributed by atoms with Crippen LogP contribution in [-0.2, 0) is 4.74 Å². The number of nitrogens with zero attached hydrogens (tertiary/aromatic N) is 3. The number of esters is 1. The van der Waals surface area contributed by atoms with Gasteiger partial charge in [0.15, 0.2) is 11.3 Å². The Morgan fingerprint density at radius 1 is 1.50 bits per heavy atom. The van der Waals surface area contributed by atoms with Crippen LogP contribution >= 0.6 is 0 Å². The number of aryl methyl sites for hydroxylation is 1. The molecule has 2 aromatic rings. The van der Waals surface area contributed by atoms with Gasteiger partial charge in [-0.05, 0) is 25.8 Å². The number of carbonyl (C=O) groups is 1. The van der Waals surface area contributed by atoms with Gasteiger partial charge in [0, 0.05) is 11.4 Å². The van der Waals surface area contributed by atoms with E-state index in [0.29, 0.717) is 18.2 Å². The molecule has 0 saturated heterocycles. The van der Waals surface area contributed by atoms with Crippen LogP contribution in [-0.4, -0.2) is 26.9 Å². The minimum absolute atomic E-state index is 0.280. The summed E-state index contributed by atoms with van der Waals surface area (Å²) in [7, 11) is 0. The second-order valence-electron chi connectivity index (χ2n) is 4.48. The lowest BCUT2D eigenvalue weighted by atomic mass is 10.1. The van der Waals surface area contributed by atoms with Gasteiger partial charge in [0.25, 0.3) is 0 Å². The van der Waals surface area contributed by atoms with Gasteiger partial charge in [0.1, 0.15) is 6.33 Å². The average Bonchev–Trinajstić information content (AvgIpc) is 2.73. The molecule has 0 spiro atoms. The monoisotopic (exact) mass is 247 g/mol. The number of aromatic nitrogens is 3. The van der Waals surface area contributed by atoms with E-state index in [9.17, 15) is 4.79 Å². The van der Waals surface area contributed by atoms with E-state index >= 15 is 0 Å². The maximum atomic E-state index is 11.8. The summed E-state index contributed by atoms with van der Waals surface area (Å²) in [5, 5.41) is 0. The van der Waals surface area contributed by atoms with Crippen LogP contribution in [0.5, 0.6) is 0 Å². The van der Waals surface area contributed by atoms with Gasteiger partial charge in [0.05, 0.1) is 6.61 Å². The highest BCUT2D eigenvalue weighted by atomic mass is 16.5. The molecule has 0 unspecified atom stereocenters. The zero-order valence-electron chi connectivity index (χ0n) is 11.1. The number of hydrogen-bond acceptors (Lipinski definition) is 4. The molecular weight excluding hydrogens is 230 g/mol. The van der Waals surface area contributed by atoms with Crippen molar-refractivity contribution in [2.45, 2.75) is 33.6 Å². The van der Waals surface area contributed by atoms with Crippen molar-refractivity contribution in [2.75, 3.05) is 6.61 Å². The molecule has 0 aliphatic carbocycles. The summed E-state index contributed by atoms with van der Waals surface area (Å²) in [4.78, 5) is 20.4. The van der Waals surface area contributed by atoms with Crippen molar-refractivity contribution in [3.63, 3.8) is 0 Å². The second kappa shape index (κ2) is 4.76. The number of fused-ring (bicyclic) bond motifs is 1. The Morgan fingerprint density at radius 2 is 2.22 bits per heavy atom. The molecule has 18 heavy (non-hydrogen) atoms. The zero-order valence-corrected chi connectivity index (χ0v) is 11.1. The van der Waals surface area contributed by atoms with Crippen LogP contribution in [0.3, 0.4) is 0 Å². The van der Waals surface area contributed by atoms with E-state index < -0.39 is 5.97 Å². The molecule has 2 aromatic heterocycles. The first-order valence-corrected chi connectivity index (χ1v) is 6.06. The molecule has 0 atom stereocenters. The van der Waals surface area contributed by atoms with Gasteiger partial charge in [-0.1, -0.05) is 13.8 Å². The maximum absolute atomic E-state index is 11.8. The van der Waals surface area contributed by atoms with Crippen molar-refractivity contribution >= 4 is 11.6 Å². The SMILES string of the molecule is CCOC(=O)c1ncn2c(C)cc(C(C)C)nc12. The van der Waals surface area contributed by atoms with Crippen LogP contribution in [0.15, 0.2) is 12.4 Å². The molecule has 96 valence electrons. The van der Waals surface area contributed by atoms with Crippen LogP contribution < -0.4 is 0 Å². The van der Waals surface area contributed by atoms with Crippen molar-refractivity contribution in [1.82, 2.24) is 14.4 Å². The third-order valence-corrected chi connectivity index (χ3v) is 2.77. The highest BCUT2D eigenvalue weighted by Crippen LogP contribution is 2.17. The van der Waals surface area contributed by atoms with E-state index in [1.165, 1.54) is 0 Å². The number of imidazole rings is 1. The average molecular weight is 247 g/mol. The van der Waals surface area contributed by atoms with E-state index in [0.717, 1.165) is 11.4 Å². The summed E-state index contributed by atoms with van der Waals surface area (Å²) < 4.78 is 6.78. The van der Waals surface area contributed by atoms with E-state index in [-0.39, 0.29) is 5.69 Å². The smallest absolute Gasteiger partial charge is 0.360 e. The van der Waals surface area contributed by atoms with Crippen LogP contribution in [0.25, 0.3) is 5.65 Å². The summed E-state index contributed by atoms with van der Waals surface area (Å²) in [6.45, 7) is 8.21. The Kier molecular flexibility index (Phi) is 3.32. The molecule has 0 N–H and O–H groups in total. The molecule has 0 saturated carbocycles. The Hall–Kier alpha value is -1.91. The first-order valence-electron chi connectivity index (χ1n) is 6.06. The van der Waals surface area contributed by atoms with Crippen LogP contribution in [0.2, 0.25) is 0 Å². The minimum Gasteiger partial charge on any atom is -0.461 e. The summed E-state index contributed by atoms with van der Waals surface area (Å²) in [5.41, 5.74) is 2.80. The third-order valence-electron chi connectivity index (χ3n) is 2.77. The van der Waals surface area contributed by atoms with Crippen LogP contribution in [0, 0.1) is 6.92 Å². The largest absolute Gasteiger partial charge is 0.461 e. The summed E-state index contributed by atoms with van der Waals surface area (Å²) in [5.74, 6) is -0.119. The first kappa shape index (κ1) is 12.5. The topological polar surface area (TPSA) is 56.5 Å². The highest BCUT2D eigenvalue weighted by molar-refractivity contribution is 5.93. The van der Waals surface area contributed by atoms with Crippen LogP contribution in [0.1, 0.15) is 48.6 Å². The Balaban J connectivity index is 2.60. The number of carbonyl (C=O) groups excluding carboxylic acids is 1.